The van der Waals surface area contributed by atoms with Gasteiger partial charge in [-0.2, -0.15) is 0 Å². The maximum Gasteiger partial charge on any atom is 0.265 e. The number of fused-ring (bicyclic) bond motifs is 2. The zero-order valence-electron chi connectivity index (χ0n) is 16.7. The predicted molar refractivity (Wildman–Crippen MR) is 110 cm³/mol. The molecular weight excluding hydrogens is 372 g/mol. The molecular formula is C22H24N2O5. The van der Waals surface area contributed by atoms with Crippen LogP contribution in [0, 0.1) is 6.92 Å². The number of benzene rings is 2. The van der Waals surface area contributed by atoms with E-state index in [2.05, 4.69) is 22.9 Å². The zero-order valence-corrected chi connectivity index (χ0v) is 16.7. The second-order valence-electron chi connectivity index (χ2n) is 6.97. The highest BCUT2D eigenvalue weighted by atomic mass is 16.7. The van der Waals surface area contributed by atoms with Crippen LogP contribution in [-0.4, -0.2) is 37.1 Å². The van der Waals surface area contributed by atoms with Gasteiger partial charge >= 0.3 is 0 Å². The van der Waals surface area contributed by atoms with Crippen LogP contribution in [0.4, 0.5) is 5.69 Å². The molecule has 1 aliphatic heterocycles. The SMILES string of the molecule is COCCn1c(C)cc2cc(NC(=O)[C@@H](C)Oc3ccc4c(c3)OCO4)ccc21. The van der Waals surface area contributed by atoms with Crippen LogP contribution in [0.25, 0.3) is 10.9 Å². The van der Waals surface area contributed by atoms with E-state index in [-0.39, 0.29) is 12.7 Å². The van der Waals surface area contributed by atoms with E-state index < -0.39 is 6.10 Å². The van der Waals surface area contributed by atoms with E-state index >= 15 is 0 Å². The van der Waals surface area contributed by atoms with Gasteiger partial charge in [0.25, 0.3) is 5.91 Å². The normalized spacial score (nSPS) is 13.5. The highest BCUT2D eigenvalue weighted by Crippen LogP contribution is 2.35. The fraction of sp³-hybridized carbons (Fsp3) is 0.318. The van der Waals surface area contributed by atoms with Gasteiger partial charge in [0.2, 0.25) is 6.79 Å². The summed E-state index contributed by atoms with van der Waals surface area (Å²) in [6, 6.07) is 13.2. The lowest BCUT2D eigenvalue weighted by Gasteiger charge is -2.15. The van der Waals surface area contributed by atoms with Gasteiger partial charge in [-0.25, -0.2) is 0 Å². The lowest BCUT2D eigenvalue weighted by atomic mass is 10.2. The summed E-state index contributed by atoms with van der Waals surface area (Å²) in [4.78, 5) is 12.6. The number of anilines is 1. The van der Waals surface area contributed by atoms with Crippen LogP contribution < -0.4 is 19.5 Å². The minimum Gasteiger partial charge on any atom is -0.481 e. The molecule has 1 aromatic heterocycles. The van der Waals surface area contributed by atoms with Crippen molar-refractivity contribution in [2.75, 3.05) is 25.8 Å². The summed E-state index contributed by atoms with van der Waals surface area (Å²) in [6.07, 6.45) is -0.667. The summed E-state index contributed by atoms with van der Waals surface area (Å²) in [6.45, 7) is 5.42. The monoisotopic (exact) mass is 396 g/mol. The van der Waals surface area contributed by atoms with Gasteiger partial charge in [0.1, 0.15) is 5.75 Å². The lowest BCUT2D eigenvalue weighted by molar-refractivity contribution is -0.122. The minimum atomic E-state index is -0.667. The second kappa shape index (κ2) is 8.05. The van der Waals surface area contributed by atoms with E-state index in [1.165, 1.54) is 0 Å². The van der Waals surface area contributed by atoms with Gasteiger partial charge in [0.05, 0.1) is 6.61 Å². The molecule has 152 valence electrons. The number of amides is 1. The van der Waals surface area contributed by atoms with Gasteiger partial charge in [0.15, 0.2) is 17.6 Å². The Morgan fingerprint density at radius 3 is 2.83 bits per heavy atom. The molecule has 0 aliphatic carbocycles. The molecule has 29 heavy (non-hydrogen) atoms. The number of carbonyl (C=O) groups excluding carboxylic acids is 1. The Bertz CT molecular complexity index is 1040. The average Bonchev–Trinajstić information content (AvgIpc) is 3.29. The number of hydrogen-bond acceptors (Lipinski definition) is 5. The molecule has 0 saturated heterocycles. The summed E-state index contributed by atoms with van der Waals surface area (Å²) in [5.74, 6) is 1.63. The number of nitrogens with one attached hydrogen (secondary N) is 1. The Balaban J connectivity index is 1.44. The van der Waals surface area contributed by atoms with Gasteiger partial charge in [-0.1, -0.05) is 0 Å². The van der Waals surface area contributed by atoms with E-state index in [0.29, 0.717) is 23.9 Å². The van der Waals surface area contributed by atoms with Crippen LogP contribution in [0.5, 0.6) is 17.2 Å². The number of ether oxygens (including phenoxy) is 4. The number of methoxy groups -OCH3 is 1. The topological polar surface area (TPSA) is 71.0 Å². The number of nitrogens with zero attached hydrogens (tertiary/aromatic N) is 1. The van der Waals surface area contributed by atoms with Gasteiger partial charge < -0.3 is 28.8 Å². The quantitative estimate of drug-likeness (QED) is 0.659. The Labute approximate surface area is 169 Å². The third kappa shape index (κ3) is 4.00. The highest BCUT2D eigenvalue weighted by molar-refractivity contribution is 5.96. The van der Waals surface area contributed by atoms with Gasteiger partial charge in [0, 0.05) is 42.0 Å². The minimum absolute atomic E-state index is 0.198. The number of carbonyl (C=O) groups is 1. The molecule has 0 fully saturated rings. The number of aromatic nitrogens is 1. The zero-order chi connectivity index (χ0) is 20.4. The van der Waals surface area contributed by atoms with Crippen molar-refractivity contribution in [3.63, 3.8) is 0 Å². The third-order valence-corrected chi connectivity index (χ3v) is 4.92. The molecule has 1 N–H and O–H groups in total. The molecule has 0 saturated carbocycles. The highest BCUT2D eigenvalue weighted by Gasteiger charge is 2.18. The first-order valence-electron chi connectivity index (χ1n) is 9.51. The van der Waals surface area contributed by atoms with Gasteiger partial charge in [-0.05, 0) is 50.2 Å². The maximum atomic E-state index is 12.6. The van der Waals surface area contributed by atoms with Crippen LogP contribution in [0.2, 0.25) is 0 Å². The molecule has 0 unspecified atom stereocenters. The lowest BCUT2D eigenvalue weighted by Crippen LogP contribution is -2.30. The van der Waals surface area contributed by atoms with E-state index in [0.717, 1.165) is 28.8 Å². The number of rotatable bonds is 7. The van der Waals surface area contributed by atoms with Crippen LogP contribution in [0.1, 0.15) is 12.6 Å². The molecule has 2 heterocycles. The van der Waals surface area contributed by atoms with Crippen molar-refractivity contribution in [3.05, 3.63) is 48.2 Å². The Hall–Kier alpha value is -3.19. The standard InChI is InChI=1S/C22H24N2O5/c1-14-10-16-11-17(4-6-19(16)24(14)8-9-26-3)23-22(25)15(2)29-18-5-7-20-21(12-18)28-13-27-20/h4-7,10-12,15H,8-9,13H2,1-3H3,(H,23,25)/t15-/m1/s1. The molecule has 2 aromatic carbocycles. The molecule has 7 nitrogen and oxygen atoms in total. The summed E-state index contributed by atoms with van der Waals surface area (Å²) in [5, 5.41) is 3.99. The second-order valence-corrected chi connectivity index (χ2v) is 6.97. The first kappa shape index (κ1) is 19.1. The molecule has 0 radical (unpaired) electrons. The molecule has 7 heteroatoms. The summed E-state index contributed by atoms with van der Waals surface area (Å²) >= 11 is 0. The van der Waals surface area contributed by atoms with Gasteiger partial charge in [-0.15, -0.1) is 0 Å². The average molecular weight is 396 g/mol. The molecule has 1 atom stereocenters. The van der Waals surface area contributed by atoms with Crippen molar-refractivity contribution < 1.29 is 23.7 Å². The fourth-order valence-electron chi connectivity index (χ4n) is 3.42. The van der Waals surface area contributed by atoms with Crippen molar-refractivity contribution in [2.45, 2.75) is 26.5 Å². The van der Waals surface area contributed by atoms with Crippen molar-refractivity contribution >= 4 is 22.5 Å². The van der Waals surface area contributed by atoms with E-state index in [1.54, 1.807) is 32.2 Å². The molecule has 4 rings (SSSR count). The Kier molecular flexibility index (Phi) is 5.31. The van der Waals surface area contributed by atoms with E-state index in [1.807, 2.05) is 18.2 Å². The summed E-state index contributed by atoms with van der Waals surface area (Å²) in [5.41, 5.74) is 3.00. The van der Waals surface area contributed by atoms with E-state index in [9.17, 15) is 4.79 Å². The predicted octanol–water partition coefficient (Wildman–Crippen LogP) is 3.73. The Morgan fingerprint density at radius 2 is 2.00 bits per heavy atom. The van der Waals surface area contributed by atoms with Crippen molar-refractivity contribution in [1.29, 1.82) is 0 Å². The summed E-state index contributed by atoms with van der Waals surface area (Å²) in [7, 11) is 1.70. The molecule has 3 aromatic rings. The van der Waals surface area contributed by atoms with Crippen molar-refractivity contribution in [3.8, 4) is 17.2 Å². The van der Waals surface area contributed by atoms with E-state index in [4.69, 9.17) is 18.9 Å². The van der Waals surface area contributed by atoms with Crippen molar-refractivity contribution in [1.82, 2.24) is 4.57 Å². The molecule has 0 spiro atoms. The third-order valence-electron chi connectivity index (χ3n) is 4.92. The first-order valence-corrected chi connectivity index (χ1v) is 9.51. The summed E-state index contributed by atoms with van der Waals surface area (Å²) < 4.78 is 23.8. The van der Waals surface area contributed by atoms with Crippen LogP contribution in [0.3, 0.4) is 0 Å². The van der Waals surface area contributed by atoms with Crippen LogP contribution in [0.15, 0.2) is 42.5 Å². The first-order chi connectivity index (χ1) is 14.0. The smallest absolute Gasteiger partial charge is 0.265 e. The Morgan fingerprint density at radius 1 is 1.17 bits per heavy atom. The molecule has 1 amide bonds. The number of aryl methyl sites for hydroxylation is 1. The van der Waals surface area contributed by atoms with Crippen LogP contribution in [-0.2, 0) is 16.1 Å². The number of hydrogen-bond donors (Lipinski definition) is 1. The largest absolute Gasteiger partial charge is 0.481 e. The molecule has 1 aliphatic rings. The molecule has 0 bridgehead atoms. The maximum absolute atomic E-state index is 12.6. The fourth-order valence-corrected chi connectivity index (χ4v) is 3.42. The van der Waals surface area contributed by atoms with Crippen LogP contribution >= 0.6 is 0 Å². The van der Waals surface area contributed by atoms with Crippen molar-refractivity contribution in [2.24, 2.45) is 0 Å². The van der Waals surface area contributed by atoms with Gasteiger partial charge in [-0.3, -0.25) is 4.79 Å².